The number of Topliss-reactive ketones (excluding diaryl/α,β-unsaturated/α-hetero) is 1. The maximum absolute atomic E-state index is 12.7. The van der Waals surface area contributed by atoms with Crippen molar-refractivity contribution >= 4 is 11.9 Å². The lowest BCUT2D eigenvalue weighted by molar-refractivity contribution is 0.0962. The van der Waals surface area contributed by atoms with Crippen molar-refractivity contribution < 1.29 is 4.79 Å². The van der Waals surface area contributed by atoms with E-state index in [4.69, 9.17) is 0 Å². The summed E-state index contributed by atoms with van der Waals surface area (Å²) < 4.78 is 0. The molecule has 1 atom stereocenters. The van der Waals surface area contributed by atoms with E-state index in [2.05, 4.69) is 37.3 Å². The number of ketones is 1. The maximum atomic E-state index is 12.7. The number of rotatable bonds is 3. The van der Waals surface area contributed by atoms with Crippen molar-refractivity contribution in [2.75, 3.05) is 0 Å². The minimum Gasteiger partial charge on any atom is -0.293 e. The molecule has 0 amide bonds. The lowest BCUT2D eigenvalue weighted by Crippen LogP contribution is -2.15. The summed E-state index contributed by atoms with van der Waals surface area (Å²) in [6, 6.07) is 17.8. The first-order valence-corrected chi connectivity index (χ1v) is 7.46. The van der Waals surface area contributed by atoms with Crippen molar-refractivity contribution in [3.8, 4) is 0 Å². The fourth-order valence-corrected chi connectivity index (χ4v) is 2.57. The monoisotopic (exact) mass is 286 g/mol. The SMILES string of the molecule is Cc1ccc(C=C2C=CC=CC2C(=O)c2ccccc2)cc1. The van der Waals surface area contributed by atoms with Crippen molar-refractivity contribution in [3.05, 3.63) is 101 Å². The lowest BCUT2D eigenvalue weighted by atomic mass is 9.86. The summed E-state index contributed by atoms with van der Waals surface area (Å²) in [5.74, 6) is -0.0757. The van der Waals surface area contributed by atoms with Gasteiger partial charge in [0.15, 0.2) is 5.78 Å². The van der Waals surface area contributed by atoms with Crippen LogP contribution in [0.3, 0.4) is 0 Å². The Balaban J connectivity index is 1.92. The largest absolute Gasteiger partial charge is 0.293 e. The molecule has 0 spiro atoms. The predicted octanol–water partition coefficient (Wildman–Crippen LogP) is 5.00. The summed E-state index contributed by atoms with van der Waals surface area (Å²) >= 11 is 0. The smallest absolute Gasteiger partial charge is 0.174 e. The molecule has 1 unspecified atom stereocenters. The van der Waals surface area contributed by atoms with Crippen LogP contribution >= 0.6 is 0 Å². The quantitative estimate of drug-likeness (QED) is 0.725. The highest BCUT2D eigenvalue weighted by Crippen LogP contribution is 2.25. The van der Waals surface area contributed by atoms with Gasteiger partial charge in [0.25, 0.3) is 0 Å². The summed E-state index contributed by atoms with van der Waals surface area (Å²) in [6.45, 7) is 2.07. The summed E-state index contributed by atoms with van der Waals surface area (Å²) in [5, 5.41) is 0. The van der Waals surface area contributed by atoms with E-state index in [0.717, 1.165) is 16.7 Å². The Kier molecular flexibility index (Phi) is 4.15. The number of benzene rings is 2. The van der Waals surface area contributed by atoms with E-state index >= 15 is 0 Å². The molecule has 2 aromatic rings. The standard InChI is InChI=1S/C21H18O/c1-16-11-13-17(14-12-16)15-19-9-5-6-10-20(19)21(22)18-7-3-2-4-8-18/h2-15,20H,1H3. The van der Waals surface area contributed by atoms with Gasteiger partial charge in [-0.2, -0.15) is 0 Å². The fourth-order valence-electron chi connectivity index (χ4n) is 2.57. The molecule has 1 heteroatoms. The highest BCUT2D eigenvalue weighted by Gasteiger charge is 2.21. The molecular formula is C21H18O. The molecule has 1 nitrogen and oxygen atoms in total. The number of allylic oxidation sites excluding steroid dienone is 5. The first-order chi connectivity index (χ1) is 10.7. The van der Waals surface area contributed by atoms with Gasteiger partial charge < -0.3 is 0 Å². The zero-order valence-electron chi connectivity index (χ0n) is 12.6. The number of hydrogen-bond donors (Lipinski definition) is 0. The van der Waals surface area contributed by atoms with Crippen LogP contribution in [0.4, 0.5) is 0 Å². The molecule has 0 N–H and O–H groups in total. The van der Waals surface area contributed by atoms with Gasteiger partial charge in [0, 0.05) is 5.56 Å². The third-order valence-electron chi connectivity index (χ3n) is 3.81. The Morgan fingerprint density at radius 2 is 1.68 bits per heavy atom. The van der Waals surface area contributed by atoms with Crippen molar-refractivity contribution in [2.24, 2.45) is 5.92 Å². The number of aryl methyl sites for hydroxylation is 1. The van der Waals surface area contributed by atoms with Gasteiger partial charge in [-0.15, -0.1) is 0 Å². The van der Waals surface area contributed by atoms with Gasteiger partial charge in [-0.25, -0.2) is 0 Å². The average Bonchev–Trinajstić information content (AvgIpc) is 2.58. The molecule has 0 heterocycles. The van der Waals surface area contributed by atoms with Crippen LogP contribution in [0, 0.1) is 12.8 Å². The van der Waals surface area contributed by atoms with Crippen molar-refractivity contribution in [1.82, 2.24) is 0 Å². The second-order valence-electron chi connectivity index (χ2n) is 5.51. The van der Waals surface area contributed by atoms with E-state index in [-0.39, 0.29) is 11.7 Å². The second-order valence-corrected chi connectivity index (χ2v) is 5.51. The third-order valence-corrected chi connectivity index (χ3v) is 3.81. The van der Waals surface area contributed by atoms with Crippen molar-refractivity contribution in [2.45, 2.75) is 6.92 Å². The first-order valence-electron chi connectivity index (χ1n) is 7.46. The number of carbonyl (C=O) groups is 1. The minimum absolute atomic E-state index is 0.138. The van der Waals surface area contributed by atoms with Gasteiger partial charge >= 0.3 is 0 Å². The molecule has 1 aliphatic rings. The summed E-state index contributed by atoms with van der Waals surface area (Å²) in [7, 11) is 0. The summed E-state index contributed by atoms with van der Waals surface area (Å²) in [5.41, 5.74) is 4.13. The van der Waals surface area contributed by atoms with E-state index in [1.54, 1.807) is 0 Å². The average molecular weight is 286 g/mol. The van der Waals surface area contributed by atoms with Gasteiger partial charge in [0.1, 0.15) is 0 Å². The van der Waals surface area contributed by atoms with Crippen molar-refractivity contribution in [1.29, 1.82) is 0 Å². The highest BCUT2D eigenvalue weighted by atomic mass is 16.1. The zero-order chi connectivity index (χ0) is 15.4. The van der Waals surface area contributed by atoms with Crippen LogP contribution in [0.15, 0.2) is 84.5 Å². The van der Waals surface area contributed by atoms with Gasteiger partial charge in [-0.05, 0) is 18.1 Å². The molecule has 2 aromatic carbocycles. The van der Waals surface area contributed by atoms with Crippen LogP contribution in [-0.2, 0) is 0 Å². The fraction of sp³-hybridized carbons (Fsp3) is 0.0952. The first kappa shape index (κ1) is 14.3. The Morgan fingerprint density at radius 3 is 2.41 bits per heavy atom. The molecule has 108 valence electrons. The van der Waals surface area contributed by atoms with Gasteiger partial charge in [-0.1, -0.05) is 90.5 Å². The summed E-state index contributed by atoms with van der Waals surface area (Å²) in [6.07, 6.45) is 10.00. The van der Waals surface area contributed by atoms with Crippen molar-refractivity contribution in [3.63, 3.8) is 0 Å². The molecule has 1 aliphatic carbocycles. The van der Waals surface area contributed by atoms with Gasteiger partial charge in [-0.3, -0.25) is 4.79 Å². The Hall–Kier alpha value is -2.67. The van der Waals surface area contributed by atoms with Gasteiger partial charge in [0.05, 0.1) is 5.92 Å². The second kappa shape index (κ2) is 6.40. The Labute approximate surface area is 131 Å². The van der Waals surface area contributed by atoms with Gasteiger partial charge in [0.2, 0.25) is 0 Å². The van der Waals surface area contributed by atoms with Crippen LogP contribution in [0.5, 0.6) is 0 Å². The molecule has 0 radical (unpaired) electrons. The summed E-state index contributed by atoms with van der Waals surface area (Å²) in [4.78, 5) is 12.7. The number of hydrogen-bond acceptors (Lipinski definition) is 1. The topological polar surface area (TPSA) is 17.1 Å². The van der Waals surface area contributed by atoms with E-state index in [9.17, 15) is 4.79 Å². The predicted molar refractivity (Wildman–Crippen MR) is 91.7 cm³/mol. The number of carbonyl (C=O) groups excluding carboxylic acids is 1. The minimum atomic E-state index is -0.214. The molecule has 0 aromatic heterocycles. The maximum Gasteiger partial charge on any atom is 0.174 e. The molecule has 22 heavy (non-hydrogen) atoms. The third kappa shape index (κ3) is 3.15. The van der Waals surface area contributed by atoms with Crippen LogP contribution in [0.25, 0.3) is 6.08 Å². The Morgan fingerprint density at radius 1 is 0.955 bits per heavy atom. The molecule has 0 bridgehead atoms. The molecule has 0 aliphatic heterocycles. The van der Waals surface area contributed by atoms with E-state index in [1.807, 2.05) is 54.6 Å². The Bertz CT molecular complexity index is 746. The van der Waals surface area contributed by atoms with E-state index in [0.29, 0.717) is 0 Å². The van der Waals surface area contributed by atoms with Crippen LogP contribution < -0.4 is 0 Å². The van der Waals surface area contributed by atoms with E-state index in [1.165, 1.54) is 5.56 Å². The normalized spacial score (nSPS) is 18.6. The zero-order valence-corrected chi connectivity index (χ0v) is 12.6. The lowest BCUT2D eigenvalue weighted by Gasteiger charge is -2.16. The molecule has 3 rings (SSSR count). The molecule has 0 saturated heterocycles. The van der Waals surface area contributed by atoms with E-state index < -0.39 is 0 Å². The van der Waals surface area contributed by atoms with Crippen LogP contribution in [0.1, 0.15) is 21.5 Å². The van der Waals surface area contributed by atoms with Crippen LogP contribution in [-0.4, -0.2) is 5.78 Å². The highest BCUT2D eigenvalue weighted by molar-refractivity contribution is 6.02. The molecular weight excluding hydrogens is 268 g/mol. The molecule has 0 saturated carbocycles. The van der Waals surface area contributed by atoms with Crippen LogP contribution in [0.2, 0.25) is 0 Å². The molecule has 0 fully saturated rings.